The first-order valence-corrected chi connectivity index (χ1v) is 12.5. The van der Waals surface area contributed by atoms with Crippen molar-refractivity contribution in [3.8, 4) is 22.5 Å². The van der Waals surface area contributed by atoms with Gasteiger partial charge in [0.05, 0.1) is 6.07 Å². The first-order chi connectivity index (χ1) is 17.7. The van der Waals surface area contributed by atoms with E-state index in [-0.39, 0.29) is 5.91 Å². The average molecular weight is 498 g/mol. The number of fused-ring (bicyclic) bond motifs is 2. The van der Waals surface area contributed by atoms with E-state index in [9.17, 15) is 14.7 Å². The minimum Gasteiger partial charge on any atom is -0.550 e. The smallest absolute Gasteiger partial charge is 0.254 e. The Balaban J connectivity index is 1.71. The lowest BCUT2D eigenvalue weighted by Gasteiger charge is -2.33. The molecule has 7 nitrogen and oxygen atoms in total. The Morgan fingerprint density at radius 1 is 0.973 bits per heavy atom. The van der Waals surface area contributed by atoms with Gasteiger partial charge in [-0.1, -0.05) is 18.2 Å². The van der Waals surface area contributed by atoms with Crippen LogP contribution in [0.1, 0.15) is 23.2 Å². The van der Waals surface area contributed by atoms with E-state index in [4.69, 9.17) is 4.42 Å². The Morgan fingerprint density at radius 3 is 2.38 bits per heavy atom. The third-order valence-electron chi connectivity index (χ3n) is 7.26. The fraction of sp³-hybridized carbons (Fsp3) is 0.300. The molecule has 0 radical (unpaired) electrons. The predicted molar refractivity (Wildman–Crippen MR) is 143 cm³/mol. The van der Waals surface area contributed by atoms with Crippen molar-refractivity contribution in [1.29, 1.82) is 0 Å². The molecule has 0 aromatic heterocycles. The van der Waals surface area contributed by atoms with Gasteiger partial charge in [-0.05, 0) is 42.7 Å². The van der Waals surface area contributed by atoms with Crippen LogP contribution in [-0.4, -0.2) is 58.1 Å². The minimum absolute atomic E-state index is 0.0932. The van der Waals surface area contributed by atoms with Crippen LogP contribution >= 0.6 is 0 Å². The normalized spacial score (nSPS) is 14.2. The molecular weight excluding hydrogens is 466 g/mol. The summed E-state index contributed by atoms with van der Waals surface area (Å²) in [7, 11) is 7.96. The summed E-state index contributed by atoms with van der Waals surface area (Å²) in [6, 6.07) is 19.9. The number of rotatable bonds is 4. The lowest BCUT2D eigenvalue weighted by molar-refractivity contribution is -0.312. The Labute approximate surface area is 216 Å². The van der Waals surface area contributed by atoms with Gasteiger partial charge in [0.15, 0.2) is 0 Å². The maximum absolute atomic E-state index is 13.8. The second-order valence-electron chi connectivity index (χ2n) is 10.1. The van der Waals surface area contributed by atoms with Gasteiger partial charge in [0, 0.05) is 79.0 Å². The monoisotopic (exact) mass is 497 g/mol. The summed E-state index contributed by atoms with van der Waals surface area (Å²) < 4.78 is 8.46. The second-order valence-corrected chi connectivity index (χ2v) is 10.1. The van der Waals surface area contributed by atoms with Crippen LogP contribution in [0.15, 0.2) is 65.1 Å². The van der Waals surface area contributed by atoms with Crippen LogP contribution in [0.25, 0.3) is 33.4 Å². The fourth-order valence-electron chi connectivity index (χ4n) is 5.09. The maximum Gasteiger partial charge on any atom is 0.254 e. The molecule has 2 aromatic carbocycles. The van der Waals surface area contributed by atoms with Gasteiger partial charge in [-0.25, -0.2) is 4.58 Å². The van der Waals surface area contributed by atoms with E-state index in [1.807, 2.05) is 74.1 Å². The van der Waals surface area contributed by atoms with Crippen molar-refractivity contribution in [3.63, 3.8) is 0 Å². The number of aliphatic carboxylic acids is 1. The number of hydrogen-bond donors (Lipinski definition) is 0. The van der Waals surface area contributed by atoms with Crippen molar-refractivity contribution in [2.75, 3.05) is 46.2 Å². The molecule has 37 heavy (non-hydrogen) atoms. The molecule has 0 spiro atoms. The first-order valence-electron chi connectivity index (χ1n) is 12.5. The number of nitrogens with zero attached hydrogens (tertiary/aromatic N) is 3. The zero-order chi connectivity index (χ0) is 26.3. The summed E-state index contributed by atoms with van der Waals surface area (Å²) in [6.45, 7) is 0.797. The van der Waals surface area contributed by atoms with Crippen molar-refractivity contribution in [3.05, 3.63) is 71.6 Å². The molecule has 1 saturated heterocycles. The zero-order valence-corrected chi connectivity index (χ0v) is 21.7. The standard InChI is InChI=1S/C30H31N3O4/c1-31(2)20-9-11-24-26(17-20)37-27-18-21(32(3)4)10-12-25(27)28(24)22-7-5-6-8-23(22)29(34)33-15-13-19(14-16-33)30(35)36/h5-12,17-19H,13-16H2,1-4H3. The molecule has 7 heteroatoms. The van der Waals surface area contributed by atoms with Crippen molar-refractivity contribution < 1.29 is 19.1 Å². The average Bonchev–Trinajstić information content (AvgIpc) is 2.90. The number of carboxylic acids is 1. The van der Waals surface area contributed by atoms with Crippen LogP contribution in [0.3, 0.4) is 0 Å². The SMILES string of the molecule is CN(C)c1ccc2c(-c3ccccc3C(=O)N3CCC(C(=O)[O-])CC3)c3ccc(=[N+](C)C)cc-3oc2c1. The minimum atomic E-state index is -1.03. The summed E-state index contributed by atoms with van der Waals surface area (Å²) in [5, 5.41) is 13.2. The van der Waals surface area contributed by atoms with E-state index in [1.54, 1.807) is 4.90 Å². The molecule has 2 heterocycles. The molecule has 0 N–H and O–H groups in total. The van der Waals surface area contributed by atoms with Crippen LogP contribution in [0.5, 0.6) is 0 Å². The van der Waals surface area contributed by atoms with Crippen LogP contribution < -0.4 is 19.9 Å². The number of benzene rings is 3. The highest BCUT2D eigenvalue weighted by atomic mass is 16.4. The van der Waals surface area contributed by atoms with Crippen LogP contribution in [-0.2, 0) is 4.79 Å². The molecule has 1 fully saturated rings. The topological polar surface area (TPSA) is 79.8 Å². The molecule has 2 aromatic rings. The number of likely N-dealkylation sites (tertiary alicyclic amines) is 1. The van der Waals surface area contributed by atoms with Crippen molar-refractivity contribution in [2.45, 2.75) is 12.8 Å². The first kappa shape index (κ1) is 24.6. The molecule has 1 aliphatic carbocycles. The largest absolute Gasteiger partial charge is 0.550 e. The molecule has 1 amide bonds. The molecule has 3 aliphatic rings. The third kappa shape index (κ3) is 4.57. The highest BCUT2D eigenvalue weighted by Gasteiger charge is 2.27. The summed E-state index contributed by atoms with van der Waals surface area (Å²) in [5.74, 6) is -0.890. The van der Waals surface area contributed by atoms with Gasteiger partial charge in [0.1, 0.15) is 25.4 Å². The number of amides is 1. The van der Waals surface area contributed by atoms with Gasteiger partial charge >= 0.3 is 0 Å². The number of carboxylic acid groups (broad SMARTS) is 1. The molecule has 0 saturated carbocycles. The van der Waals surface area contributed by atoms with Crippen molar-refractivity contribution in [1.82, 2.24) is 9.48 Å². The zero-order valence-electron chi connectivity index (χ0n) is 21.7. The van der Waals surface area contributed by atoms with Gasteiger partial charge in [-0.2, -0.15) is 0 Å². The number of anilines is 1. The van der Waals surface area contributed by atoms with Gasteiger partial charge in [0.2, 0.25) is 5.36 Å². The van der Waals surface area contributed by atoms with Crippen LogP contribution in [0.4, 0.5) is 5.69 Å². The summed E-state index contributed by atoms with van der Waals surface area (Å²) in [4.78, 5) is 28.8. The summed E-state index contributed by atoms with van der Waals surface area (Å²) in [6.07, 6.45) is 0.819. The predicted octanol–water partition coefficient (Wildman–Crippen LogP) is 2.90. The number of hydrogen-bond acceptors (Lipinski definition) is 5. The van der Waals surface area contributed by atoms with E-state index in [0.717, 1.165) is 44.5 Å². The maximum atomic E-state index is 13.8. The lowest BCUT2D eigenvalue weighted by Crippen LogP contribution is -2.43. The molecule has 5 rings (SSSR count). The van der Waals surface area contributed by atoms with E-state index < -0.39 is 11.9 Å². The number of piperidine rings is 1. The number of carbonyl (C=O) groups excluding carboxylic acids is 2. The van der Waals surface area contributed by atoms with Crippen molar-refractivity contribution >= 4 is 28.5 Å². The highest BCUT2D eigenvalue weighted by molar-refractivity contribution is 6.09. The molecule has 2 aliphatic heterocycles. The third-order valence-corrected chi connectivity index (χ3v) is 7.26. The molecule has 0 bridgehead atoms. The Kier molecular flexibility index (Phi) is 6.46. The van der Waals surface area contributed by atoms with Gasteiger partial charge in [0.25, 0.3) is 5.91 Å². The van der Waals surface area contributed by atoms with Crippen LogP contribution in [0, 0.1) is 5.92 Å². The summed E-state index contributed by atoms with van der Waals surface area (Å²) >= 11 is 0. The second kappa shape index (κ2) is 9.73. The molecule has 0 unspecified atom stereocenters. The van der Waals surface area contributed by atoms with Gasteiger partial charge in [-0.15, -0.1) is 0 Å². The fourth-order valence-corrected chi connectivity index (χ4v) is 5.09. The lowest BCUT2D eigenvalue weighted by atomic mass is 9.89. The van der Waals surface area contributed by atoms with Crippen LogP contribution in [0.2, 0.25) is 0 Å². The molecular formula is C30H31N3O4. The van der Waals surface area contributed by atoms with E-state index >= 15 is 0 Å². The quantitative estimate of drug-likeness (QED) is 0.320. The van der Waals surface area contributed by atoms with E-state index in [2.05, 4.69) is 24.3 Å². The van der Waals surface area contributed by atoms with Crippen molar-refractivity contribution in [2.24, 2.45) is 5.92 Å². The van der Waals surface area contributed by atoms with Gasteiger partial charge in [-0.3, -0.25) is 4.79 Å². The molecule has 190 valence electrons. The Hall–Kier alpha value is -4.13. The highest BCUT2D eigenvalue weighted by Crippen LogP contribution is 2.42. The van der Waals surface area contributed by atoms with E-state index in [1.165, 1.54) is 0 Å². The summed E-state index contributed by atoms with van der Waals surface area (Å²) in [5.41, 5.74) is 5.05. The van der Waals surface area contributed by atoms with Gasteiger partial charge < -0.3 is 24.1 Å². The van der Waals surface area contributed by atoms with E-state index in [0.29, 0.717) is 31.5 Å². The Morgan fingerprint density at radius 2 is 1.70 bits per heavy atom. The molecule has 0 atom stereocenters. The number of carbonyl (C=O) groups is 2. The Bertz CT molecular complexity index is 1540.